The highest BCUT2D eigenvalue weighted by molar-refractivity contribution is 7.15. The summed E-state index contributed by atoms with van der Waals surface area (Å²) >= 11 is 1.23. The average molecular weight is 269 g/mol. The van der Waals surface area contributed by atoms with Crippen LogP contribution >= 0.6 is 11.3 Å². The van der Waals surface area contributed by atoms with E-state index in [1.54, 1.807) is 4.90 Å². The topological polar surface area (TPSA) is 92.4 Å². The number of piperazine rings is 1. The smallest absolute Gasteiger partial charge is 0.243 e. The Balaban J connectivity index is 1.99. The molecule has 1 fully saturated rings. The van der Waals surface area contributed by atoms with Gasteiger partial charge in [0, 0.05) is 6.54 Å². The first kappa shape index (κ1) is 12.7. The molecule has 1 aliphatic rings. The molecule has 0 saturated carbocycles. The molecule has 0 aromatic carbocycles. The van der Waals surface area contributed by atoms with Crippen molar-refractivity contribution < 1.29 is 9.59 Å². The second-order valence-corrected chi connectivity index (χ2v) is 5.19. The molecule has 1 saturated heterocycles. The van der Waals surface area contributed by atoms with Gasteiger partial charge in [0.05, 0.1) is 13.1 Å². The van der Waals surface area contributed by atoms with Crippen molar-refractivity contribution in [1.29, 1.82) is 0 Å². The lowest BCUT2D eigenvalue weighted by atomic mass is 10.2. The third-order valence-electron chi connectivity index (χ3n) is 2.66. The Morgan fingerprint density at radius 2 is 1.89 bits per heavy atom. The van der Waals surface area contributed by atoms with E-state index < -0.39 is 0 Å². The van der Waals surface area contributed by atoms with Crippen LogP contribution in [-0.4, -0.2) is 51.4 Å². The molecule has 0 spiro atoms. The van der Waals surface area contributed by atoms with Crippen molar-refractivity contribution in [3.63, 3.8) is 0 Å². The monoisotopic (exact) mass is 269 g/mol. The first-order chi connectivity index (χ1) is 8.60. The fourth-order valence-corrected chi connectivity index (χ4v) is 2.44. The van der Waals surface area contributed by atoms with Crippen LogP contribution in [0.3, 0.4) is 0 Å². The normalized spacial score (nSPS) is 16.5. The van der Waals surface area contributed by atoms with Crippen molar-refractivity contribution in [2.75, 3.05) is 25.4 Å². The molecule has 7 nitrogen and oxygen atoms in total. The van der Waals surface area contributed by atoms with Crippen molar-refractivity contribution in [3.8, 4) is 0 Å². The van der Waals surface area contributed by atoms with E-state index in [0.717, 1.165) is 6.42 Å². The molecule has 0 radical (unpaired) electrons. The van der Waals surface area contributed by atoms with Crippen molar-refractivity contribution in [2.45, 2.75) is 19.9 Å². The van der Waals surface area contributed by atoms with Gasteiger partial charge in [0.15, 0.2) is 0 Å². The minimum atomic E-state index is -0.0585. The molecule has 2 amide bonds. The van der Waals surface area contributed by atoms with E-state index in [0.29, 0.717) is 23.2 Å². The maximum Gasteiger partial charge on any atom is 0.243 e. The molecule has 0 aliphatic carbocycles. The molecule has 98 valence electrons. The predicted molar refractivity (Wildman–Crippen MR) is 66.6 cm³/mol. The molecule has 1 aromatic rings. The molecule has 8 heteroatoms. The van der Waals surface area contributed by atoms with E-state index >= 15 is 0 Å². The summed E-state index contributed by atoms with van der Waals surface area (Å²) in [4.78, 5) is 26.8. The van der Waals surface area contributed by atoms with Gasteiger partial charge >= 0.3 is 0 Å². The Hall–Kier alpha value is -1.70. The van der Waals surface area contributed by atoms with Crippen molar-refractivity contribution in [3.05, 3.63) is 5.01 Å². The second kappa shape index (κ2) is 5.30. The molecule has 0 unspecified atom stereocenters. The van der Waals surface area contributed by atoms with E-state index in [1.165, 1.54) is 16.2 Å². The van der Waals surface area contributed by atoms with Crippen LogP contribution in [-0.2, 0) is 16.1 Å². The van der Waals surface area contributed by atoms with E-state index in [9.17, 15) is 9.59 Å². The molecule has 2 N–H and O–H groups in total. The number of nitrogens with two attached hydrogens (primary N) is 1. The number of hydrogen-bond donors (Lipinski definition) is 1. The second-order valence-electron chi connectivity index (χ2n) is 4.10. The SMILES string of the molecule is CCCN1CC(=O)N(Cc2nnc(N)s2)CC1=O. The molecule has 0 atom stereocenters. The number of nitrogen functional groups attached to an aromatic ring is 1. The summed E-state index contributed by atoms with van der Waals surface area (Å²) in [7, 11) is 0. The summed E-state index contributed by atoms with van der Waals surface area (Å²) in [6.07, 6.45) is 0.853. The molecule has 1 aliphatic heterocycles. The number of aromatic nitrogens is 2. The zero-order chi connectivity index (χ0) is 13.1. The number of anilines is 1. The van der Waals surface area contributed by atoms with Gasteiger partial charge in [0.2, 0.25) is 16.9 Å². The first-order valence-corrected chi connectivity index (χ1v) is 6.55. The van der Waals surface area contributed by atoms with Crippen LogP contribution < -0.4 is 5.73 Å². The summed E-state index contributed by atoms with van der Waals surface area (Å²) < 4.78 is 0. The van der Waals surface area contributed by atoms with Crippen LogP contribution in [0.25, 0.3) is 0 Å². The Morgan fingerprint density at radius 3 is 2.50 bits per heavy atom. The van der Waals surface area contributed by atoms with Crippen molar-refractivity contribution >= 4 is 28.3 Å². The lowest BCUT2D eigenvalue weighted by Gasteiger charge is -2.33. The Kier molecular flexibility index (Phi) is 3.75. The fourth-order valence-electron chi connectivity index (χ4n) is 1.81. The summed E-state index contributed by atoms with van der Waals surface area (Å²) in [5.74, 6) is -0.0780. The lowest BCUT2D eigenvalue weighted by Crippen LogP contribution is -2.53. The zero-order valence-electron chi connectivity index (χ0n) is 10.1. The van der Waals surface area contributed by atoms with Gasteiger partial charge in [-0.3, -0.25) is 9.59 Å². The zero-order valence-corrected chi connectivity index (χ0v) is 10.9. The molecular weight excluding hydrogens is 254 g/mol. The molecule has 18 heavy (non-hydrogen) atoms. The van der Waals surface area contributed by atoms with Crippen LogP contribution in [0.2, 0.25) is 0 Å². The lowest BCUT2D eigenvalue weighted by molar-refractivity contribution is -0.150. The van der Waals surface area contributed by atoms with Crippen molar-refractivity contribution in [1.82, 2.24) is 20.0 Å². The van der Waals surface area contributed by atoms with Crippen LogP contribution in [0.15, 0.2) is 0 Å². The quantitative estimate of drug-likeness (QED) is 0.810. The maximum atomic E-state index is 11.9. The van der Waals surface area contributed by atoms with Crippen LogP contribution in [0.5, 0.6) is 0 Å². The van der Waals surface area contributed by atoms with Gasteiger partial charge in [0.1, 0.15) is 11.6 Å². The Morgan fingerprint density at radius 1 is 1.22 bits per heavy atom. The van der Waals surface area contributed by atoms with E-state index in [2.05, 4.69) is 10.2 Å². The van der Waals surface area contributed by atoms with Gasteiger partial charge in [0.25, 0.3) is 0 Å². The number of rotatable bonds is 4. The number of carbonyl (C=O) groups excluding carboxylic acids is 2. The van der Waals surface area contributed by atoms with Gasteiger partial charge in [-0.25, -0.2) is 0 Å². The average Bonchev–Trinajstić information content (AvgIpc) is 2.71. The standard InChI is InChI=1S/C10H15N5O2S/c1-2-3-14-5-9(17)15(6-8(14)16)4-7-12-13-10(11)18-7/h2-6H2,1H3,(H2,11,13). The van der Waals surface area contributed by atoms with Crippen LogP contribution in [0.1, 0.15) is 18.4 Å². The fraction of sp³-hybridized carbons (Fsp3) is 0.600. The summed E-state index contributed by atoms with van der Waals surface area (Å²) in [5, 5.41) is 8.55. The maximum absolute atomic E-state index is 11.9. The molecule has 2 heterocycles. The number of carbonyl (C=O) groups is 2. The van der Waals surface area contributed by atoms with Gasteiger partial charge in [-0.05, 0) is 6.42 Å². The highest BCUT2D eigenvalue weighted by atomic mass is 32.1. The van der Waals surface area contributed by atoms with Gasteiger partial charge in [-0.1, -0.05) is 18.3 Å². The molecule has 0 bridgehead atoms. The van der Waals surface area contributed by atoms with E-state index in [1.807, 2.05) is 6.92 Å². The first-order valence-electron chi connectivity index (χ1n) is 5.73. The largest absolute Gasteiger partial charge is 0.374 e. The van der Waals surface area contributed by atoms with Crippen LogP contribution in [0, 0.1) is 0 Å². The Bertz CT molecular complexity index is 461. The van der Waals surface area contributed by atoms with Gasteiger partial charge < -0.3 is 15.5 Å². The molecule has 1 aromatic heterocycles. The van der Waals surface area contributed by atoms with E-state index in [4.69, 9.17) is 5.73 Å². The van der Waals surface area contributed by atoms with E-state index in [-0.39, 0.29) is 24.9 Å². The third kappa shape index (κ3) is 2.76. The van der Waals surface area contributed by atoms with Crippen LogP contribution in [0.4, 0.5) is 5.13 Å². The Labute approximate surface area is 109 Å². The number of amides is 2. The van der Waals surface area contributed by atoms with Crippen molar-refractivity contribution in [2.24, 2.45) is 0 Å². The number of hydrogen-bond acceptors (Lipinski definition) is 6. The van der Waals surface area contributed by atoms with Gasteiger partial charge in [-0.2, -0.15) is 0 Å². The third-order valence-corrected chi connectivity index (χ3v) is 3.40. The highest BCUT2D eigenvalue weighted by Gasteiger charge is 2.29. The molecular formula is C10H15N5O2S. The summed E-state index contributed by atoms with van der Waals surface area (Å²) in [6, 6.07) is 0. The minimum absolute atomic E-state index is 0.0195. The van der Waals surface area contributed by atoms with Gasteiger partial charge in [-0.15, -0.1) is 10.2 Å². The number of nitrogens with zero attached hydrogens (tertiary/aromatic N) is 4. The summed E-state index contributed by atoms with van der Waals surface area (Å²) in [5.41, 5.74) is 5.47. The predicted octanol–water partition coefficient (Wildman–Crippen LogP) is -0.299. The summed E-state index contributed by atoms with van der Waals surface area (Å²) in [6.45, 7) is 3.18. The minimum Gasteiger partial charge on any atom is -0.374 e. The highest BCUT2D eigenvalue weighted by Crippen LogP contribution is 2.15. The molecule has 2 rings (SSSR count).